The van der Waals surface area contributed by atoms with Crippen LogP contribution >= 0.6 is 34.8 Å². The minimum Gasteiger partial charge on any atom is -0.460 e. The van der Waals surface area contributed by atoms with Crippen LogP contribution < -0.4 is 16.1 Å². The van der Waals surface area contributed by atoms with Crippen LogP contribution in [0.25, 0.3) is 17.0 Å². The number of rotatable bonds is 11. The Bertz CT molecular complexity index is 1490. The maximum absolute atomic E-state index is 13.4. The quantitative estimate of drug-likeness (QED) is 0.202. The number of carbonyl (C=O) groups excluding carboxylic acids is 4. The van der Waals surface area contributed by atoms with Crippen LogP contribution in [0.5, 0.6) is 0 Å². The normalized spacial score (nSPS) is 19.8. The molecule has 4 unspecified atom stereocenters. The van der Waals surface area contributed by atoms with Crippen LogP contribution in [0, 0.1) is 11.3 Å². The predicted octanol–water partition coefficient (Wildman–Crippen LogP) is 4.14. The number of benzene rings is 1. The summed E-state index contributed by atoms with van der Waals surface area (Å²) in [5.74, 6) is -2.12. The van der Waals surface area contributed by atoms with Gasteiger partial charge >= 0.3 is 5.97 Å². The van der Waals surface area contributed by atoms with Gasteiger partial charge in [-0.05, 0) is 63.1 Å². The smallest absolute Gasteiger partial charge is 0.325 e. The summed E-state index contributed by atoms with van der Waals surface area (Å²) in [6, 6.07) is 6.84. The summed E-state index contributed by atoms with van der Waals surface area (Å²) in [6.07, 6.45) is 5.27. The summed E-state index contributed by atoms with van der Waals surface area (Å²) < 4.78 is 3.28. The summed E-state index contributed by atoms with van der Waals surface area (Å²) in [5, 5.41) is 17.7. The van der Waals surface area contributed by atoms with Gasteiger partial charge in [0.25, 0.3) is 5.91 Å². The van der Waals surface area contributed by atoms with E-state index in [4.69, 9.17) is 39.5 Å². The molecular formula is C32H40Cl3N5O6. The second-order valence-corrected chi connectivity index (χ2v) is 14.8. The van der Waals surface area contributed by atoms with Gasteiger partial charge in [0.15, 0.2) is 0 Å². The largest absolute Gasteiger partial charge is 0.460 e. The average Bonchev–Trinajstić information content (AvgIpc) is 3.81. The number of hydrogen-bond acceptors (Lipinski definition) is 8. The van der Waals surface area contributed by atoms with Crippen molar-refractivity contribution in [3.05, 3.63) is 47.7 Å². The molecule has 1 aromatic heterocycles. The number of alkyl halides is 3. The lowest BCUT2D eigenvalue weighted by atomic mass is 9.99. The Morgan fingerprint density at radius 3 is 2.46 bits per heavy atom. The number of nitrogens with zero attached hydrogens (tertiary/aromatic N) is 2. The lowest BCUT2D eigenvalue weighted by Crippen LogP contribution is -2.61. The van der Waals surface area contributed by atoms with E-state index in [0.29, 0.717) is 37.9 Å². The van der Waals surface area contributed by atoms with Crippen molar-refractivity contribution in [2.24, 2.45) is 11.3 Å². The van der Waals surface area contributed by atoms with E-state index in [1.54, 1.807) is 19.9 Å². The third-order valence-electron chi connectivity index (χ3n) is 8.08. The molecule has 1 saturated heterocycles. The molecule has 2 aromatic rings. The van der Waals surface area contributed by atoms with Crippen LogP contribution in [0.1, 0.15) is 70.7 Å². The number of nitrogens with one attached hydrogen (secondary N) is 3. The van der Waals surface area contributed by atoms with Crippen molar-refractivity contribution < 1.29 is 29.0 Å². The second kappa shape index (κ2) is 14.9. The van der Waals surface area contributed by atoms with Crippen molar-refractivity contribution in [2.75, 3.05) is 13.2 Å². The molecule has 2 aliphatic rings. The zero-order chi connectivity index (χ0) is 33.8. The Labute approximate surface area is 283 Å². The van der Waals surface area contributed by atoms with Gasteiger partial charge in [0.1, 0.15) is 24.7 Å². The molecule has 4 atom stereocenters. The van der Waals surface area contributed by atoms with Crippen LogP contribution in [-0.2, 0) is 23.9 Å². The molecule has 14 heteroatoms. The minimum atomic E-state index is -1.75. The molecule has 1 aliphatic heterocycles. The van der Waals surface area contributed by atoms with Gasteiger partial charge in [-0.25, -0.2) is 5.43 Å². The van der Waals surface area contributed by atoms with E-state index < -0.39 is 57.8 Å². The van der Waals surface area contributed by atoms with Gasteiger partial charge in [0.05, 0.1) is 22.7 Å². The van der Waals surface area contributed by atoms with Gasteiger partial charge in [-0.15, -0.1) is 0 Å². The number of carbonyl (C=O) groups is 4. The molecule has 3 amide bonds. The molecule has 11 nitrogen and oxygen atoms in total. The van der Waals surface area contributed by atoms with Crippen molar-refractivity contribution in [3.8, 4) is 0 Å². The van der Waals surface area contributed by atoms with Gasteiger partial charge in [0, 0.05) is 11.9 Å². The zero-order valence-electron chi connectivity index (χ0n) is 26.2. The number of aliphatic hydroxyl groups is 1. The first kappa shape index (κ1) is 35.9. The van der Waals surface area contributed by atoms with E-state index in [9.17, 15) is 24.3 Å². The number of ether oxygens (including phenoxy) is 1. The van der Waals surface area contributed by atoms with Crippen LogP contribution in [0.15, 0.2) is 36.4 Å². The maximum Gasteiger partial charge on any atom is 0.325 e. The van der Waals surface area contributed by atoms with Gasteiger partial charge in [-0.1, -0.05) is 79.0 Å². The van der Waals surface area contributed by atoms with Crippen LogP contribution in [0.3, 0.4) is 0 Å². The van der Waals surface area contributed by atoms with Crippen LogP contribution in [-0.4, -0.2) is 73.9 Å². The topological polar surface area (TPSA) is 150 Å². The maximum atomic E-state index is 13.4. The molecule has 0 radical (unpaired) electrons. The molecule has 1 saturated carbocycles. The minimum absolute atomic E-state index is 0.258. The van der Waals surface area contributed by atoms with Crippen molar-refractivity contribution >= 4 is 75.5 Å². The molecule has 4 N–H and O–H groups in total. The Balaban J connectivity index is 1.35. The van der Waals surface area contributed by atoms with E-state index in [1.165, 1.54) is 5.01 Å². The summed E-state index contributed by atoms with van der Waals surface area (Å²) in [6.45, 7) is 6.73. The fourth-order valence-corrected chi connectivity index (χ4v) is 5.30. The Morgan fingerprint density at radius 1 is 1.13 bits per heavy atom. The molecule has 1 aromatic carbocycles. The first-order valence-electron chi connectivity index (χ1n) is 15.3. The number of amides is 3. The number of aromatic nitrogens is 1. The fourth-order valence-electron chi connectivity index (χ4n) is 5.13. The van der Waals surface area contributed by atoms with Crippen molar-refractivity contribution in [1.82, 2.24) is 26.1 Å². The number of hydrogen-bond donors (Lipinski definition) is 4. The summed E-state index contributed by atoms with van der Waals surface area (Å²) in [4.78, 5) is 56.9. The van der Waals surface area contributed by atoms with Gasteiger partial charge < -0.3 is 20.5 Å². The highest BCUT2D eigenvalue weighted by molar-refractivity contribution is 6.67. The molecule has 0 bridgehead atoms. The Morgan fingerprint density at radius 2 is 1.83 bits per heavy atom. The highest BCUT2D eigenvalue weighted by Crippen LogP contribution is 2.48. The number of pyridine rings is 1. The number of hydrazine groups is 1. The molecule has 2 fully saturated rings. The molecule has 4 rings (SSSR count). The van der Waals surface area contributed by atoms with E-state index >= 15 is 0 Å². The predicted molar refractivity (Wildman–Crippen MR) is 177 cm³/mol. The molecular weight excluding hydrogens is 657 g/mol. The van der Waals surface area contributed by atoms with Crippen molar-refractivity contribution in [1.29, 1.82) is 0 Å². The SMILES string of the molecule is CC(NC(=O)C(NC(=O)C1(C=Cc2ccc3ccc(C(C)O)nc3c2)CC1)C(C)C)C(=O)N1CCCC(C(=O)OCC(Cl)(Cl)Cl)N1. The zero-order valence-corrected chi connectivity index (χ0v) is 28.5. The van der Waals surface area contributed by atoms with Gasteiger partial charge in [0.2, 0.25) is 15.6 Å². The Kier molecular flexibility index (Phi) is 11.6. The van der Waals surface area contributed by atoms with Crippen LogP contribution in [0.2, 0.25) is 0 Å². The summed E-state index contributed by atoms with van der Waals surface area (Å²) in [7, 11) is 0. The standard InChI is InChI=1S/C32H40Cl3N5O6/c1-18(2)26(27(42)36-19(3)28(43)40-15-5-6-24(39-40)29(44)46-17-32(33,34)35)38-30(45)31(13-14-31)12-11-21-7-8-22-9-10-23(20(4)41)37-25(22)16-21/h7-12,16,18-20,24,26,39,41H,5-6,13-15,17H2,1-4H3,(H,36,42)(H,38,45). The molecule has 2 heterocycles. The second-order valence-electron chi connectivity index (χ2n) is 12.3. The lowest BCUT2D eigenvalue weighted by molar-refractivity contribution is -0.152. The van der Waals surface area contributed by atoms with E-state index in [1.807, 2.05) is 50.3 Å². The van der Waals surface area contributed by atoms with Gasteiger partial charge in [-0.2, -0.15) is 0 Å². The number of aliphatic hydroxyl groups excluding tert-OH is 1. The summed E-state index contributed by atoms with van der Waals surface area (Å²) in [5.41, 5.74) is 4.28. The molecule has 1 aliphatic carbocycles. The van der Waals surface area contributed by atoms with Gasteiger partial charge in [-0.3, -0.25) is 29.2 Å². The third kappa shape index (κ3) is 9.32. The molecule has 46 heavy (non-hydrogen) atoms. The Hall–Kier alpha value is -2.96. The van der Waals surface area contributed by atoms with Crippen molar-refractivity contribution in [2.45, 2.75) is 81.4 Å². The van der Waals surface area contributed by atoms with E-state index in [-0.39, 0.29) is 11.8 Å². The molecule has 250 valence electrons. The van der Waals surface area contributed by atoms with E-state index in [2.05, 4.69) is 21.0 Å². The van der Waals surface area contributed by atoms with Crippen LogP contribution in [0.4, 0.5) is 0 Å². The molecule has 0 spiro atoms. The highest BCUT2D eigenvalue weighted by Gasteiger charge is 2.48. The summed E-state index contributed by atoms with van der Waals surface area (Å²) >= 11 is 17.0. The highest BCUT2D eigenvalue weighted by atomic mass is 35.6. The number of esters is 1. The van der Waals surface area contributed by atoms with E-state index in [0.717, 1.165) is 16.5 Å². The third-order valence-corrected chi connectivity index (χ3v) is 8.41. The number of fused-ring (bicyclic) bond motifs is 1. The first-order valence-corrected chi connectivity index (χ1v) is 16.4. The average molecular weight is 697 g/mol. The first-order chi connectivity index (χ1) is 21.6. The number of halogens is 3. The van der Waals surface area contributed by atoms with Crippen molar-refractivity contribution in [3.63, 3.8) is 0 Å². The monoisotopic (exact) mass is 695 g/mol. The fraction of sp³-hybridized carbons (Fsp3) is 0.531. The lowest BCUT2D eigenvalue weighted by Gasteiger charge is -2.34.